The van der Waals surface area contributed by atoms with Crippen molar-refractivity contribution >= 4 is 52.6 Å². The minimum atomic E-state index is -1.16. The number of nitrogens with one attached hydrogen (secondary N) is 1. The Labute approximate surface area is 189 Å². The number of thioether (sulfide) groups is 2. The van der Waals surface area contributed by atoms with Gasteiger partial charge in [0.15, 0.2) is 0 Å². The molecule has 4 rings (SSSR count). The molecule has 31 heavy (non-hydrogen) atoms. The van der Waals surface area contributed by atoms with Gasteiger partial charge in [0.25, 0.3) is 5.91 Å². The molecule has 164 valence electrons. The van der Waals surface area contributed by atoms with Gasteiger partial charge in [0.1, 0.15) is 17.1 Å². The number of hydrogen-bond acceptors (Lipinski definition) is 10. The Morgan fingerprint density at radius 1 is 1.39 bits per heavy atom. The second kappa shape index (κ2) is 8.98. The van der Waals surface area contributed by atoms with Crippen LogP contribution < -0.4 is 11.1 Å². The minimum absolute atomic E-state index is 0.0206. The van der Waals surface area contributed by atoms with Crippen LogP contribution in [-0.4, -0.2) is 70.9 Å². The summed E-state index contributed by atoms with van der Waals surface area (Å²) < 4.78 is 1.49. The highest BCUT2D eigenvalue weighted by atomic mass is 32.2. The molecule has 0 radical (unpaired) electrons. The fraction of sp³-hybridized carbons (Fsp3) is 0.412. The van der Waals surface area contributed by atoms with Crippen LogP contribution in [0.3, 0.4) is 0 Å². The number of tetrazole rings is 1. The van der Waals surface area contributed by atoms with Crippen LogP contribution in [0.4, 0.5) is 0 Å². The zero-order chi connectivity index (χ0) is 22.1. The van der Waals surface area contributed by atoms with E-state index in [-0.39, 0.29) is 18.0 Å². The first-order valence-corrected chi connectivity index (χ1v) is 12.1. The highest BCUT2D eigenvalue weighted by Crippen LogP contribution is 2.41. The van der Waals surface area contributed by atoms with Crippen molar-refractivity contribution in [2.24, 2.45) is 12.8 Å². The summed E-state index contributed by atoms with van der Waals surface area (Å²) in [5.41, 5.74) is 6.19. The van der Waals surface area contributed by atoms with Gasteiger partial charge in [-0.3, -0.25) is 14.5 Å². The number of hydrogen-bond donors (Lipinski definition) is 3. The summed E-state index contributed by atoms with van der Waals surface area (Å²) in [7, 11) is 1.69. The van der Waals surface area contributed by atoms with Crippen LogP contribution >= 0.6 is 34.9 Å². The van der Waals surface area contributed by atoms with Gasteiger partial charge in [-0.1, -0.05) is 11.8 Å². The van der Waals surface area contributed by atoms with Crippen molar-refractivity contribution in [2.45, 2.75) is 29.5 Å². The van der Waals surface area contributed by atoms with E-state index in [1.165, 1.54) is 44.4 Å². The fourth-order valence-electron chi connectivity index (χ4n) is 3.30. The highest BCUT2D eigenvalue weighted by molar-refractivity contribution is 8.01. The van der Waals surface area contributed by atoms with Crippen LogP contribution in [0, 0.1) is 0 Å². The van der Waals surface area contributed by atoms with E-state index in [4.69, 9.17) is 5.73 Å². The molecule has 4 heterocycles. The molecule has 0 bridgehead atoms. The van der Waals surface area contributed by atoms with Crippen molar-refractivity contribution in [1.82, 2.24) is 30.4 Å². The van der Waals surface area contributed by atoms with E-state index in [2.05, 4.69) is 20.8 Å². The molecular weight excluding hydrogens is 462 g/mol. The molecule has 0 unspecified atom stereocenters. The van der Waals surface area contributed by atoms with Crippen molar-refractivity contribution in [1.29, 1.82) is 0 Å². The lowest BCUT2D eigenvalue weighted by Crippen LogP contribution is -2.70. The molecule has 0 saturated carbocycles. The smallest absolute Gasteiger partial charge is 0.352 e. The lowest BCUT2D eigenvalue weighted by molar-refractivity contribution is -0.150. The van der Waals surface area contributed by atoms with Crippen LogP contribution in [0.1, 0.15) is 9.75 Å². The Morgan fingerprint density at radius 3 is 2.81 bits per heavy atom. The van der Waals surface area contributed by atoms with E-state index in [1.54, 1.807) is 7.05 Å². The van der Waals surface area contributed by atoms with Gasteiger partial charge in [-0.05, 0) is 28.1 Å². The molecule has 4 N–H and O–H groups in total. The largest absolute Gasteiger partial charge is 0.477 e. The zero-order valence-corrected chi connectivity index (χ0v) is 18.8. The third-order valence-electron chi connectivity index (χ3n) is 4.78. The average Bonchev–Trinajstić information content (AvgIpc) is 3.37. The van der Waals surface area contributed by atoms with E-state index in [9.17, 15) is 19.5 Å². The number of aryl methyl sites for hydroxylation is 1. The van der Waals surface area contributed by atoms with E-state index in [0.29, 0.717) is 28.8 Å². The number of thiophene rings is 1. The van der Waals surface area contributed by atoms with E-state index in [0.717, 1.165) is 9.75 Å². The molecule has 2 aliphatic heterocycles. The second-order valence-corrected chi connectivity index (χ2v) is 10.1. The summed E-state index contributed by atoms with van der Waals surface area (Å²) in [6.07, 6.45) is 0.154. The molecule has 0 aromatic carbocycles. The molecule has 2 aliphatic rings. The molecule has 0 aliphatic carbocycles. The SMILES string of the molecule is Cn1nnnc1SCC1=C(C(=O)O)N2C(=O)[C@@H](NC(=O)Cc3ccc(CN)s3)[C@H]2SC1. The quantitative estimate of drug-likeness (QED) is 0.341. The van der Waals surface area contributed by atoms with Gasteiger partial charge in [-0.2, -0.15) is 0 Å². The van der Waals surface area contributed by atoms with Gasteiger partial charge >= 0.3 is 5.97 Å². The van der Waals surface area contributed by atoms with Crippen molar-refractivity contribution in [3.63, 3.8) is 0 Å². The van der Waals surface area contributed by atoms with E-state index in [1.807, 2.05) is 12.1 Å². The summed E-state index contributed by atoms with van der Waals surface area (Å²) >= 11 is 4.20. The number of β-lactam (4-membered cyclic amide) rings is 1. The van der Waals surface area contributed by atoms with Crippen LogP contribution in [0.15, 0.2) is 28.6 Å². The molecule has 0 spiro atoms. The Morgan fingerprint density at radius 2 is 2.16 bits per heavy atom. The lowest BCUT2D eigenvalue weighted by atomic mass is 10.0. The molecule has 2 atom stereocenters. The molecular formula is C17H19N7O4S3. The van der Waals surface area contributed by atoms with Crippen molar-refractivity contribution in [3.05, 3.63) is 33.2 Å². The van der Waals surface area contributed by atoms with Crippen LogP contribution in [0.25, 0.3) is 0 Å². The third-order valence-corrected chi connectivity index (χ3v) is 8.32. The number of aliphatic carboxylic acids is 1. The maximum atomic E-state index is 12.7. The Balaban J connectivity index is 1.42. The summed E-state index contributed by atoms with van der Waals surface area (Å²) in [6, 6.07) is 2.98. The standard InChI is InChI=1S/C17H19N7O4S3/c1-23-17(20-21-22-23)30-7-8-6-29-15-12(14(26)24(15)13(8)16(27)28)19-11(25)4-9-2-3-10(5-18)31-9/h2-3,12,15H,4-7,18H2,1H3,(H,19,25)(H,27,28)/t12-,15-/m1/s1. The number of aromatic nitrogens is 4. The Bertz CT molecular complexity index is 1070. The normalized spacial score (nSPS) is 20.5. The zero-order valence-electron chi connectivity index (χ0n) is 16.3. The number of nitrogens with two attached hydrogens (primary N) is 1. The maximum absolute atomic E-state index is 12.7. The number of amides is 2. The molecule has 11 nitrogen and oxygen atoms in total. The third kappa shape index (κ3) is 4.33. The Hall–Kier alpha value is -2.42. The first-order valence-electron chi connectivity index (χ1n) is 9.21. The lowest BCUT2D eigenvalue weighted by Gasteiger charge is -2.49. The van der Waals surface area contributed by atoms with Gasteiger partial charge in [0.2, 0.25) is 11.1 Å². The van der Waals surface area contributed by atoms with Gasteiger partial charge < -0.3 is 16.2 Å². The average molecular weight is 482 g/mol. The number of carboxylic acids is 1. The molecule has 2 aromatic rings. The summed E-state index contributed by atoms with van der Waals surface area (Å²) in [5, 5.41) is 23.8. The predicted octanol–water partition coefficient (Wildman–Crippen LogP) is -0.196. The number of fused-ring (bicyclic) bond motifs is 1. The summed E-state index contributed by atoms with van der Waals surface area (Å²) in [4.78, 5) is 40.2. The number of carbonyl (C=O) groups is 3. The number of rotatable bonds is 8. The number of nitrogens with zero attached hydrogens (tertiary/aromatic N) is 5. The summed E-state index contributed by atoms with van der Waals surface area (Å²) in [6.45, 7) is 0.416. The first kappa shape index (κ1) is 21.8. The molecule has 14 heteroatoms. The molecule has 1 fully saturated rings. The maximum Gasteiger partial charge on any atom is 0.352 e. The topological polar surface area (TPSA) is 156 Å². The number of carbonyl (C=O) groups excluding carboxylic acids is 2. The van der Waals surface area contributed by atoms with Crippen LogP contribution in [0.5, 0.6) is 0 Å². The van der Waals surface area contributed by atoms with Gasteiger partial charge in [-0.25, -0.2) is 9.48 Å². The van der Waals surface area contributed by atoms with E-state index >= 15 is 0 Å². The second-order valence-electron chi connectivity index (χ2n) is 6.83. The number of carboxylic acid groups (broad SMARTS) is 1. The van der Waals surface area contributed by atoms with E-state index < -0.39 is 23.3 Å². The van der Waals surface area contributed by atoms with Crippen LogP contribution in [-0.2, 0) is 34.4 Å². The molecule has 2 amide bonds. The van der Waals surface area contributed by atoms with Crippen LogP contribution in [0.2, 0.25) is 0 Å². The highest BCUT2D eigenvalue weighted by Gasteiger charge is 2.54. The molecule has 1 saturated heterocycles. The summed E-state index contributed by atoms with van der Waals surface area (Å²) in [5.74, 6) is -1.08. The van der Waals surface area contributed by atoms with Gasteiger partial charge in [0, 0.05) is 34.9 Å². The first-order chi connectivity index (χ1) is 14.9. The molecule has 2 aromatic heterocycles. The monoisotopic (exact) mass is 481 g/mol. The predicted molar refractivity (Wildman–Crippen MR) is 115 cm³/mol. The van der Waals surface area contributed by atoms with Crippen molar-refractivity contribution in [3.8, 4) is 0 Å². The Kier molecular flexibility index (Phi) is 6.31. The van der Waals surface area contributed by atoms with Crippen molar-refractivity contribution < 1.29 is 19.5 Å². The van der Waals surface area contributed by atoms with Gasteiger partial charge in [0.05, 0.1) is 6.42 Å². The minimum Gasteiger partial charge on any atom is -0.477 e. The van der Waals surface area contributed by atoms with Crippen molar-refractivity contribution in [2.75, 3.05) is 11.5 Å². The fourth-order valence-corrected chi connectivity index (χ4v) is 6.53. The van der Waals surface area contributed by atoms with Gasteiger partial charge in [-0.15, -0.1) is 28.2 Å².